The number of ether oxygens (including phenoxy) is 4. The molecule has 0 aromatic heterocycles. The van der Waals surface area contributed by atoms with E-state index >= 15 is 0 Å². The molecule has 0 fully saturated rings. The first-order valence-electron chi connectivity index (χ1n) is 7.24. The Labute approximate surface area is 126 Å². The lowest BCUT2D eigenvalue weighted by Gasteiger charge is -2.21. The number of methoxy groups -OCH3 is 2. The lowest BCUT2D eigenvalue weighted by atomic mass is 10.00. The average molecular weight is 298 g/mol. The Balaban J connectivity index is 2.91. The fraction of sp³-hybridized carbons (Fsp3) is 0.625. The van der Waals surface area contributed by atoms with Gasteiger partial charge in [0, 0.05) is 45.8 Å². The minimum Gasteiger partial charge on any atom is -0.508 e. The molecule has 1 aromatic carbocycles. The number of phenolic OH excluding ortho intramolecular Hbond substituents is 1. The standard InChI is InChI=1S/C16H26O5/c1-5-20-15(18-3)10-12-8-7-9-14(17)13(12)11-16(19-4)21-6-2/h7-9,15-17H,5-6,10-11H2,1-4H3. The van der Waals surface area contributed by atoms with E-state index in [1.54, 1.807) is 20.3 Å². The van der Waals surface area contributed by atoms with Gasteiger partial charge in [0.2, 0.25) is 0 Å². The summed E-state index contributed by atoms with van der Waals surface area (Å²) in [6.45, 7) is 4.96. The molecule has 1 rings (SSSR count). The molecular formula is C16H26O5. The normalized spacial score (nSPS) is 14.1. The van der Waals surface area contributed by atoms with Crippen molar-refractivity contribution in [2.24, 2.45) is 0 Å². The molecule has 0 aliphatic rings. The zero-order chi connectivity index (χ0) is 15.7. The van der Waals surface area contributed by atoms with E-state index in [-0.39, 0.29) is 18.3 Å². The zero-order valence-corrected chi connectivity index (χ0v) is 13.3. The zero-order valence-electron chi connectivity index (χ0n) is 13.3. The van der Waals surface area contributed by atoms with E-state index in [2.05, 4.69) is 0 Å². The van der Waals surface area contributed by atoms with E-state index < -0.39 is 0 Å². The van der Waals surface area contributed by atoms with E-state index in [0.29, 0.717) is 26.1 Å². The van der Waals surface area contributed by atoms with Crippen LogP contribution < -0.4 is 0 Å². The average Bonchev–Trinajstić information content (AvgIpc) is 2.49. The van der Waals surface area contributed by atoms with E-state index in [1.165, 1.54) is 0 Å². The van der Waals surface area contributed by atoms with Crippen LogP contribution in [-0.2, 0) is 31.8 Å². The molecule has 0 saturated carbocycles. The van der Waals surface area contributed by atoms with E-state index in [4.69, 9.17) is 18.9 Å². The molecule has 0 heterocycles. The molecule has 5 heteroatoms. The summed E-state index contributed by atoms with van der Waals surface area (Å²) in [7, 11) is 3.21. The van der Waals surface area contributed by atoms with Crippen LogP contribution in [0.1, 0.15) is 25.0 Å². The molecule has 1 aromatic rings. The molecule has 0 amide bonds. The summed E-state index contributed by atoms with van der Waals surface area (Å²) in [6, 6.07) is 5.44. The van der Waals surface area contributed by atoms with Gasteiger partial charge in [0.05, 0.1) is 0 Å². The first-order chi connectivity index (χ1) is 10.2. The number of benzene rings is 1. The minimum atomic E-state index is -0.380. The van der Waals surface area contributed by atoms with Crippen molar-refractivity contribution in [3.63, 3.8) is 0 Å². The molecular weight excluding hydrogens is 272 g/mol. The van der Waals surface area contributed by atoms with Crippen LogP contribution in [0.4, 0.5) is 0 Å². The van der Waals surface area contributed by atoms with Crippen molar-refractivity contribution in [3.05, 3.63) is 29.3 Å². The van der Waals surface area contributed by atoms with Crippen LogP contribution in [0.3, 0.4) is 0 Å². The maximum Gasteiger partial charge on any atom is 0.161 e. The predicted octanol–water partition coefficient (Wildman–Crippen LogP) is 2.50. The van der Waals surface area contributed by atoms with Gasteiger partial charge in [0.25, 0.3) is 0 Å². The first-order valence-corrected chi connectivity index (χ1v) is 7.24. The van der Waals surface area contributed by atoms with Crippen LogP contribution in [0.2, 0.25) is 0 Å². The third-order valence-electron chi connectivity index (χ3n) is 3.24. The second-order valence-electron chi connectivity index (χ2n) is 4.56. The number of rotatable bonds is 10. The van der Waals surface area contributed by atoms with E-state index in [0.717, 1.165) is 11.1 Å². The maximum atomic E-state index is 10.1. The molecule has 0 saturated heterocycles. The van der Waals surface area contributed by atoms with Crippen LogP contribution in [0.15, 0.2) is 18.2 Å². The first kappa shape index (κ1) is 17.9. The van der Waals surface area contributed by atoms with Gasteiger partial charge < -0.3 is 24.1 Å². The van der Waals surface area contributed by atoms with Crippen LogP contribution in [0.5, 0.6) is 5.75 Å². The maximum absolute atomic E-state index is 10.1. The fourth-order valence-electron chi connectivity index (χ4n) is 2.19. The largest absolute Gasteiger partial charge is 0.508 e. The van der Waals surface area contributed by atoms with Crippen LogP contribution in [-0.4, -0.2) is 45.1 Å². The Kier molecular flexibility index (Phi) is 8.30. The highest BCUT2D eigenvalue weighted by atomic mass is 16.7. The van der Waals surface area contributed by atoms with Crippen molar-refractivity contribution in [1.82, 2.24) is 0 Å². The molecule has 2 atom stereocenters. The number of hydrogen-bond acceptors (Lipinski definition) is 5. The number of hydrogen-bond donors (Lipinski definition) is 1. The quantitative estimate of drug-likeness (QED) is 0.673. The van der Waals surface area contributed by atoms with Crippen molar-refractivity contribution in [1.29, 1.82) is 0 Å². The Morgan fingerprint density at radius 2 is 1.52 bits per heavy atom. The van der Waals surface area contributed by atoms with Crippen LogP contribution in [0, 0.1) is 0 Å². The lowest BCUT2D eigenvalue weighted by molar-refractivity contribution is -0.121. The predicted molar refractivity (Wildman–Crippen MR) is 80.4 cm³/mol. The molecule has 2 unspecified atom stereocenters. The van der Waals surface area contributed by atoms with Gasteiger partial charge in [0.15, 0.2) is 12.6 Å². The van der Waals surface area contributed by atoms with Crippen molar-refractivity contribution in [2.45, 2.75) is 39.3 Å². The highest BCUT2D eigenvalue weighted by Crippen LogP contribution is 2.25. The summed E-state index contributed by atoms with van der Waals surface area (Å²) >= 11 is 0. The van der Waals surface area contributed by atoms with Crippen LogP contribution in [0.25, 0.3) is 0 Å². The summed E-state index contributed by atoms with van der Waals surface area (Å²) in [5, 5.41) is 10.1. The topological polar surface area (TPSA) is 57.2 Å². The smallest absolute Gasteiger partial charge is 0.161 e. The van der Waals surface area contributed by atoms with Crippen molar-refractivity contribution < 1.29 is 24.1 Å². The highest BCUT2D eigenvalue weighted by Gasteiger charge is 2.17. The Morgan fingerprint density at radius 3 is 2.05 bits per heavy atom. The van der Waals surface area contributed by atoms with Gasteiger partial charge in [-0.15, -0.1) is 0 Å². The second kappa shape index (κ2) is 9.73. The van der Waals surface area contributed by atoms with Gasteiger partial charge in [-0.25, -0.2) is 0 Å². The summed E-state index contributed by atoms with van der Waals surface area (Å²) in [4.78, 5) is 0. The van der Waals surface area contributed by atoms with Gasteiger partial charge in [-0.1, -0.05) is 12.1 Å². The summed E-state index contributed by atoms with van der Waals surface area (Å²) in [6.07, 6.45) is 0.338. The van der Waals surface area contributed by atoms with Crippen molar-refractivity contribution >= 4 is 0 Å². The molecule has 0 radical (unpaired) electrons. The van der Waals surface area contributed by atoms with E-state index in [1.807, 2.05) is 26.0 Å². The number of phenols is 1. The van der Waals surface area contributed by atoms with E-state index in [9.17, 15) is 5.11 Å². The lowest BCUT2D eigenvalue weighted by Crippen LogP contribution is -2.22. The molecule has 0 bridgehead atoms. The van der Waals surface area contributed by atoms with Gasteiger partial charge >= 0.3 is 0 Å². The van der Waals surface area contributed by atoms with Gasteiger partial charge in [-0.2, -0.15) is 0 Å². The van der Waals surface area contributed by atoms with Gasteiger partial charge in [-0.05, 0) is 25.5 Å². The Hall–Kier alpha value is -1.14. The summed E-state index contributed by atoms with van der Waals surface area (Å²) in [5.41, 5.74) is 1.77. The third-order valence-corrected chi connectivity index (χ3v) is 3.24. The Bertz CT molecular complexity index is 408. The monoisotopic (exact) mass is 298 g/mol. The fourth-order valence-corrected chi connectivity index (χ4v) is 2.19. The molecule has 1 N–H and O–H groups in total. The van der Waals surface area contributed by atoms with Crippen molar-refractivity contribution in [3.8, 4) is 5.75 Å². The molecule has 0 aliphatic carbocycles. The molecule has 0 spiro atoms. The second-order valence-corrected chi connectivity index (χ2v) is 4.56. The molecule has 5 nitrogen and oxygen atoms in total. The summed E-state index contributed by atoms with van der Waals surface area (Å²) < 4.78 is 21.6. The van der Waals surface area contributed by atoms with Gasteiger partial charge in [0.1, 0.15) is 5.75 Å². The third kappa shape index (κ3) is 5.63. The SMILES string of the molecule is CCOC(Cc1cccc(O)c1CC(OC)OCC)OC. The molecule has 0 aliphatic heterocycles. The van der Waals surface area contributed by atoms with Crippen LogP contribution >= 0.6 is 0 Å². The summed E-state index contributed by atoms with van der Waals surface area (Å²) in [5.74, 6) is 0.237. The molecule has 120 valence electrons. The van der Waals surface area contributed by atoms with Gasteiger partial charge in [-0.3, -0.25) is 0 Å². The Morgan fingerprint density at radius 1 is 0.952 bits per heavy atom. The minimum absolute atomic E-state index is 0.237. The molecule has 21 heavy (non-hydrogen) atoms. The highest BCUT2D eigenvalue weighted by molar-refractivity contribution is 5.40. The van der Waals surface area contributed by atoms with Crippen molar-refractivity contribution in [2.75, 3.05) is 27.4 Å². The number of aromatic hydroxyl groups is 1.